The smallest absolute Gasteiger partial charge is 0.226 e. The van der Waals surface area contributed by atoms with E-state index in [1.807, 2.05) is 12.1 Å². The Balaban J connectivity index is 1.33. The van der Waals surface area contributed by atoms with E-state index in [0.29, 0.717) is 36.9 Å². The van der Waals surface area contributed by atoms with Crippen LogP contribution >= 0.6 is 11.6 Å². The molecule has 2 amide bonds. The van der Waals surface area contributed by atoms with E-state index >= 15 is 0 Å². The molecule has 0 bridgehead atoms. The number of Topliss-reactive ketones (excluding diaryl/α,β-unsaturated/α-hetero) is 1. The van der Waals surface area contributed by atoms with Crippen molar-refractivity contribution in [3.8, 4) is 0 Å². The summed E-state index contributed by atoms with van der Waals surface area (Å²) in [6.45, 7) is 10.5. The molecule has 2 saturated heterocycles. The molecule has 34 heavy (non-hydrogen) atoms. The minimum absolute atomic E-state index is 0.0806. The molecule has 1 aromatic carbocycles. The average Bonchev–Trinajstić information content (AvgIpc) is 3.28. The zero-order valence-electron chi connectivity index (χ0n) is 20.8. The van der Waals surface area contributed by atoms with Gasteiger partial charge in [-0.1, -0.05) is 24.4 Å². The summed E-state index contributed by atoms with van der Waals surface area (Å²) in [4.78, 5) is 43.3. The molecule has 1 aliphatic carbocycles. The molecule has 0 N–H and O–H groups in total. The Kier molecular flexibility index (Phi) is 7.98. The topological polar surface area (TPSA) is 60.9 Å². The van der Waals surface area contributed by atoms with Gasteiger partial charge in [0.05, 0.1) is 0 Å². The van der Waals surface area contributed by atoms with Crippen molar-refractivity contribution in [2.75, 3.05) is 32.7 Å². The van der Waals surface area contributed by atoms with Gasteiger partial charge in [-0.05, 0) is 55.5 Å². The molecule has 3 fully saturated rings. The van der Waals surface area contributed by atoms with Crippen LogP contribution in [0.25, 0.3) is 0 Å². The largest absolute Gasteiger partial charge is 0.342 e. The third-order valence-electron chi connectivity index (χ3n) is 7.99. The van der Waals surface area contributed by atoms with Crippen molar-refractivity contribution >= 4 is 29.2 Å². The summed E-state index contributed by atoms with van der Waals surface area (Å²) >= 11 is 6.46. The third kappa shape index (κ3) is 5.83. The normalized spacial score (nSPS) is 22.2. The molecule has 7 heteroatoms. The van der Waals surface area contributed by atoms with Gasteiger partial charge in [-0.3, -0.25) is 19.3 Å². The van der Waals surface area contributed by atoms with Crippen LogP contribution < -0.4 is 0 Å². The molecule has 0 aromatic heterocycles. The number of ketones is 1. The number of piperazine rings is 1. The molecule has 1 atom stereocenters. The number of amides is 2. The first-order valence-corrected chi connectivity index (χ1v) is 13.2. The summed E-state index contributed by atoms with van der Waals surface area (Å²) in [5.74, 6) is 1.14. The highest BCUT2D eigenvalue weighted by Gasteiger charge is 2.33. The van der Waals surface area contributed by atoms with Crippen LogP contribution in [0.5, 0.6) is 0 Å². The van der Waals surface area contributed by atoms with Gasteiger partial charge in [0, 0.05) is 81.9 Å². The van der Waals surface area contributed by atoms with Gasteiger partial charge in [-0.2, -0.15) is 0 Å². The van der Waals surface area contributed by atoms with Crippen molar-refractivity contribution < 1.29 is 14.4 Å². The van der Waals surface area contributed by atoms with Gasteiger partial charge in [0.2, 0.25) is 11.8 Å². The zero-order valence-corrected chi connectivity index (χ0v) is 21.6. The summed E-state index contributed by atoms with van der Waals surface area (Å²) in [5, 5.41) is 0.665. The van der Waals surface area contributed by atoms with Crippen LogP contribution in [0.4, 0.5) is 0 Å². The molecular formula is C27H38ClN3O3. The Labute approximate surface area is 208 Å². The van der Waals surface area contributed by atoms with Gasteiger partial charge in [0.15, 0.2) is 0 Å². The van der Waals surface area contributed by atoms with E-state index in [1.54, 1.807) is 11.8 Å². The third-order valence-corrected chi connectivity index (χ3v) is 8.21. The lowest BCUT2D eigenvalue weighted by atomic mass is 9.90. The Morgan fingerprint density at radius 1 is 1.03 bits per heavy atom. The van der Waals surface area contributed by atoms with Gasteiger partial charge in [-0.25, -0.2) is 0 Å². The lowest BCUT2D eigenvalue weighted by molar-refractivity contribution is -0.140. The van der Waals surface area contributed by atoms with Crippen molar-refractivity contribution in [3.05, 3.63) is 33.8 Å². The molecule has 186 valence electrons. The van der Waals surface area contributed by atoms with Crippen LogP contribution in [0, 0.1) is 18.8 Å². The number of benzene rings is 1. The average molecular weight is 488 g/mol. The zero-order chi connectivity index (χ0) is 24.4. The molecule has 0 unspecified atom stereocenters. The van der Waals surface area contributed by atoms with E-state index in [-0.39, 0.29) is 29.6 Å². The molecule has 2 aliphatic heterocycles. The van der Waals surface area contributed by atoms with Gasteiger partial charge in [-0.15, -0.1) is 0 Å². The molecule has 0 spiro atoms. The Morgan fingerprint density at radius 3 is 2.35 bits per heavy atom. The fourth-order valence-electron chi connectivity index (χ4n) is 5.86. The first kappa shape index (κ1) is 25.2. The van der Waals surface area contributed by atoms with Crippen molar-refractivity contribution in [1.82, 2.24) is 14.7 Å². The molecule has 2 heterocycles. The number of carbonyl (C=O) groups excluding carboxylic acids is 3. The number of likely N-dealkylation sites (tertiary alicyclic amines) is 1. The summed E-state index contributed by atoms with van der Waals surface area (Å²) in [7, 11) is 0. The van der Waals surface area contributed by atoms with Crippen molar-refractivity contribution in [2.24, 2.45) is 11.8 Å². The maximum Gasteiger partial charge on any atom is 0.226 e. The highest BCUT2D eigenvalue weighted by atomic mass is 35.5. The fraction of sp³-hybridized carbons (Fsp3) is 0.667. The molecule has 6 nitrogen and oxygen atoms in total. The van der Waals surface area contributed by atoms with Gasteiger partial charge in [0.25, 0.3) is 0 Å². The number of carbonyl (C=O) groups is 3. The van der Waals surface area contributed by atoms with Crippen molar-refractivity contribution in [1.29, 1.82) is 0 Å². The van der Waals surface area contributed by atoms with Crippen LogP contribution in [-0.2, 0) is 27.3 Å². The maximum atomic E-state index is 12.9. The predicted molar refractivity (Wildman–Crippen MR) is 134 cm³/mol. The number of halogens is 1. The molecule has 4 rings (SSSR count). The van der Waals surface area contributed by atoms with E-state index in [2.05, 4.69) is 23.6 Å². The number of rotatable bonds is 7. The van der Waals surface area contributed by atoms with Crippen LogP contribution in [0.3, 0.4) is 0 Å². The molecule has 0 radical (unpaired) electrons. The Bertz CT molecular complexity index is 937. The van der Waals surface area contributed by atoms with E-state index in [9.17, 15) is 14.4 Å². The SMILES string of the molecule is CC(=O)N1CC(CC(=O)Cc2cc(Cl)cc(CN3CCN(C(=O)C4CCCC4)[C@@H](C)C3)c2C)C1. The highest BCUT2D eigenvalue weighted by molar-refractivity contribution is 6.30. The van der Waals surface area contributed by atoms with Gasteiger partial charge in [0.1, 0.15) is 5.78 Å². The Morgan fingerprint density at radius 2 is 1.71 bits per heavy atom. The summed E-state index contributed by atoms with van der Waals surface area (Å²) in [6, 6.07) is 4.14. The summed E-state index contributed by atoms with van der Waals surface area (Å²) in [5.41, 5.74) is 3.29. The minimum Gasteiger partial charge on any atom is -0.342 e. The van der Waals surface area contributed by atoms with Crippen LogP contribution in [0.1, 0.15) is 62.6 Å². The second-order valence-corrected chi connectivity index (χ2v) is 11.1. The minimum atomic E-state index is 0.0806. The standard InChI is InChI=1S/C27H38ClN3O3/c1-18-14-29(8-9-31(18)27(34)22-6-4-5-7-22)17-24-12-25(28)11-23(19(24)2)13-26(33)10-21-15-30(16-21)20(3)32/h11-12,18,21-22H,4-10,13-17H2,1-3H3/t18-/m0/s1. The van der Waals surface area contributed by atoms with Crippen LogP contribution in [0.15, 0.2) is 12.1 Å². The van der Waals surface area contributed by atoms with E-state index < -0.39 is 0 Å². The van der Waals surface area contributed by atoms with Gasteiger partial charge < -0.3 is 9.80 Å². The summed E-state index contributed by atoms with van der Waals surface area (Å²) < 4.78 is 0. The van der Waals surface area contributed by atoms with E-state index in [1.165, 1.54) is 12.8 Å². The summed E-state index contributed by atoms with van der Waals surface area (Å²) in [6.07, 6.45) is 5.35. The molecular weight excluding hydrogens is 450 g/mol. The predicted octanol–water partition coefficient (Wildman–Crippen LogP) is 3.85. The van der Waals surface area contributed by atoms with Crippen molar-refractivity contribution in [2.45, 2.75) is 71.9 Å². The van der Waals surface area contributed by atoms with Gasteiger partial charge >= 0.3 is 0 Å². The molecule has 1 aromatic rings. The quantitative estimate of drug-likeness (QED) is 0.586. The van der Waals surface area contributed by atoms with E-state index in [4.69, 9.17) is 11.6 Å². The van der Waals surface area contributed by atoms with Crippen molar-refractivity contribution in [3.63, 3.8) is 0 Å². The lowest BCUT2D eigenvalue weighted by Crippen LogP contribution is -2.54. The first-order chi connectivity index (χ1) is 16.2. The second kappa shape index (κ2) is 10.8. The first-order valence-electron chi connectivity index (χ1n) is 12.8. The van der Waals surface area contributed by atoms with Crippen LogP contribution in [-0.4, -0.2) is 71.1 Å². The van der Waals surface area contributed by atoms with E-state index in [0.717, 1.165) is 55.7 Å². The second-order valence-electron chi connectivity index (χ2n) is 10.7. The monoisotopic (exact) mass is 487 g/mol. The maximum absolute atomic E-state index is 12.9. The highest BCUT2D eigenvalue weighted by Crippen LogP contribution is 2.29. The number of nitrogens with zero attached hydrogens (tertiary/aromatic N) is 3. The lowest BCUT2D eigenvalue weighted by Gasteiger charge is -2.41. The molecule has 3 aliphatic rings. The van der Waals surface area contributed by atoms with Crippen LogP contribution in [0.2, 0.25) is 5.02 Å². The fourth-order valence-corrected chi connectivity index (χ4v) is 6.12. The number of hydrogen-bond acceptors (Lipinski definition) is 4. The molecule has 1 saturated carbocycles. The Hall–Kier alpha value is -1.92. The number of hydrogen-bond donors (Lipinski definition) is 0.